The number of alkyl halides is 1. The predicted octanol–water partition coefficient (Wildman–Crippen LogP) is 5.29. The Morgan fingerprint density at radius 3 is 2.40 bits per heavy atom. The van der Waals surface area contributed by atoms with Crippen LogP contribution < -0.4 is 0 Å². The first-order valence-electron chi connectivity index (χ1n) is 8.51. The number of nitrogens with zero attached hydrogens (tertiary/aromatic N) is 1. The van der Waals surface area contributed by atoms with Gasteiger partial charge < -0.3 is 0 Å². The summed E-state index contributed by atoms with van der Waals surface area (Å²) in [5, 5.41) is 2.04. The van der Waals surface area contributed by atoms with Gasteiger partial charge >= 0.3 is 0 Å². The van der Waals surface area contributed by atoms with E-state index < -0.39 is 10.0 Å². The number of benzene rings is 2. The zero-order valence-electron chi connectivity index (χ0n) is 14.3. The molecule has 3 rings (SSSR count). The smallest absolute Gasteiger partial charge is 0.241 e. The molecule has 2 aromatic carbocycles. The van der Waals surface area contributed by atoms with Gasteiger partial charge in [0.25, 0.3) is 10.0 Å². The highest BCUT2D eigenvalue weighted by Crippen LogP contribution is 2.27. The molecule has 0 amide bonds. The molecule has 0 saturated carbocycles. The molecule has 0 aliphatic rings. The highest BCUT2D eigenvalue weighted by atomic mass is 79.9. The van der Waals surface area contributed by atoms with E-state index in [1.54, 1.807) is 18.3 Å². The molecule has 5 heteroatoms. The van der Waals surface area contributed by atoms with Crippen LogP contribution in [0.25, 0.3) is 10.9 Å². The van der Waals surface area contributed by atoms with E-state index in [0.29, 0.717) is 4.90 Å². The van der Waals surface area contributed by atoms with E-state index in [1.165, 1.54) is 3.97 Å². The zero-order chi connectivity index (χ0) is 17.9. The summed E-state index contributed by atoms with van der Waals surface area (Å²) in [6.45, 7) is 1.95. The molecule has 1 aromatic heterocycles. The number of rotatable bonds is 7. The van der Waals surface area contributed by atoms with Crippen LogP contribution in [0.15, 0.2) is 59.6 Å². The monoisotopic (exact) mass is 419 g/mol. The highest BCUT2D eigenvalue weighted by Gasteiger charge is 2.20. The van der Waals surface area contributed by atoms with Crippen molar-refractivity contribution < 1.29 is 8.42 Å². The summed E-state index contributed by atoms with van der Waals surface area (Å²) in [5.74, 6) is 0. The van der Waals surface area contributed by atoms with Gasteiger partial charge in [0, 0.05) is 16.9 Å². The molecule has 0 aliphatic heterocycles. The summed E-state index contributed by atoms with van der Waals surface area (Å²) in [4.78, 5) is 0.324. The van der Waals surface area contributed by atoms with Crippen molar-refractivity contribution in [2.24, 2.45) is 0 Å². The van der Waals surface area contributed by atoms with E-state index in [1.807, 2.05) is 43.3 Å². The van der Waals surface area contributed by atoms with Gasteiger partial charge in [-0.15, -0.1) is 0 Å². The zero-order valence-corrected chi connectivity index (χ0v) is 16.7. The van der Waals surface area contributed by atoms with Gasteiger partial charge in [0.1, 0.15) is 0 Å². The second kappa shape index (κ2) is 7.75. The molecule has 0 unspecified atom stereocenters. The molecule has 0 radical (unpaired) electrons. The predicted molar refractivity (Wildman–Crippen MR) is 107 cm³/mol. The van der Waals surface area contributed by atoms with Crippen molar-refractivity contribution >= 4 is 36.9 Å². The fourth-order valence-corrected chi connectivity index (χ4v) is 4.81. The summed E-state index contributed by atoms with van der Waals surface area (Å²) in [7, 11) is -3.59. The summed E-state index contributed by atoms with van der Waals surface area (Å²) in [6, 6.07) is 14.8. The molecule has 0 aliphatic carbocycles. The van der Waals surface area contributed by atoms with Gasteiger partial charge in [-0.1, -0.05) is 58.2 Å². The molecule has 1 heterocycles. The number of halogens is 1. The van der Waals surface area contributed by atoms with Crippen LogP contribution in [-0.2, 0) is 16.4 Å². The van der Waals surface area contributed by atoms with E-state index in [-0.39, 0.29) is 0 Å². The minimum Gasteiger partial charge on any atom is -0.241 e. The SMILES string of the molecule is Cc1ccc(S(=O)(=O)n2cc(CCCCCBr)c3ccccc32)cc1. The number of para-hydroxylation sites is 1. The van der Waals surface area contributed by atoms with Crippen LogP contribution in [0.3, 0.4) is 0 Å². The lowest BCUT2D eigenvalue weighted by molar-refractivity contribution is 0.589. The van der Waals surface area contributed by atoms with Crippen molar-refractivity contribution in [3.63, 3.8) is 0 Å². The van der Waals surface area contributed by atoms with E-state index >= 15 is 0 Å². The Morgan fingerprint density at radius 2 is 1.68 bits per heavy atom. The second-order valence-corrected chi connectivity index (χ2v) is 8.89. The molecule has 0 saturated heterocycles. The van der Waals surface area contributed by atoms with Crippen LogP contribution in [0.1, 0.15) is 30.4 Å². The Morgan fingerprint density at radius 1 is 0.960 bits per heavy atom. The third-order valence-electron chi connectivity index (χ3n) is 4.42. The number of hydrogen-bond acceptors (Lipinski definition) is 2. The van der Waals surface area contributed by atoms with E-state index in [0.717, 1.165) is 53.0 Å². The molecular formula is C20H22BrNO2S. The summed E-state index contributed by atoms with van der Waals surface area (Å²) in [5.41, 5.74) is 2.89. The van der Waals surface area contributed by atoms with E-state index in [2.05, 4.69) is 15.9 Å². The van der Waals surface area contributed by atoms with Gasteiger partial charge in [0.2, 0.25) is 0 Å². The Labute approximate surface area is 157 Å². The maximum atomic E-state index is 13.1. The van der Waals surface area contributed by atoms with Crippen LogP contribution in [0, 0.1) is 6.92 Å². The lowest BCUT2D eigenvalue weighted by Gasteiger charge is -2.07. The first-order chi connectivity index (χ1) is 12.0. The average Bonchev–Trinajstić information content (AvgIpc) is 2.99. The van der Waals surface area contributed by atoms with Gasteiger partial charge in [0.15, 0.2) is 0 Å². The molecule has 3 aromatic rings. The Bertz CT molecular complexity index is 959. The summed E-state index contributed by atoms with van der Waals surface area (Å²) >= 11 is 3.45. The number of aromatic nitrogens is 1. The fourth-order valence-electron chi connectivity index (χ4n) is 3.03. The number of aryl methyl sites for hydroxylation is 2. The first-order valence-corrected chi connectivity index (χ1v) is 11.1. The Kier molecular flexibility index (Phi) is 5.64. The van der Waals surface area contributed by atoms with Gasteiger partial charge in [-0.05, 0) is 49.9 Å². The van der Waals surface area contributed by atoms with Crippen LogP contribution >= 0.6 is 15.9 Å². The van der Waals surface area contributed by atoms with Crippen molar-refractivity contribution in [1.29, 1.82) is 0 Å². The highest BCUT2D eigenvalue weighted by molar-refractivity contribution is 9.09. The first kappa shape index (κ1) is 18.2. The minimum atomic E-state index is -3.59. The molecule has 132 valence electrons. The normalized spacial score (nSPS) is 11.9. The van der Waals surface area contributed by atoms with Crippen molar-refractivity contribution in [3.05, 3.63) is 65.9 Å². The van der Waals surface area contributed by atoms with Crippen LogP contribution in [0.5, 0.6) is 0 Å². The molecule has 25 heavy (non-hydrogen) atoms. The van der Waals surface area contributed by atoms with Crippen LogP contribution in [0.4, 0.5) is 0 Å². The van der Waals surface area contributed by atoms with Crippen LogP contribution in [0.2, 0.25) is 0 Å². The average molecular weight is 420 g/mol. The topological polar surface area (TPSA) is 39.1 Å². The van der Waals surface area contributed by atoms with Crippen molar-refractivity contribution in [3.8, 4) is 0 Å². The number of fused-ring (bicyclic) bond motifs is 1. The maximum Gasteiger partial charge on any atom is 0.268 e. The van der Waals surface area contributed by atoms with E-state index in [9.17, 15) is 8.42 Å². The Balaban J connectivity index is 2.02. The van der Waals surface area contributed by atoms with Crippen molar-refractivity contribution in [2.45, 2.75) is 37.5 Å². The number of unbranched alkanes of at least 4 members (excludes halogenated alkanes) is 2. The lowest BCUT2D eigenvalue weighted by Crippen LogP contribution is -2.11. The van der Waals surface area contributed by atoms with Crippen LogP contribution in [-0.4, -0.2) is 17.7 Å². The second-order valence-electron chi connectivity index (χ2n) is 6.29. The van der Waals surface area contributed by atoms with Gasteiger partial charge in [-0.3, -0.25) is 0 Å². The van der Waals surface area contributed by atoms with Gasteiger partial charge in [0.05, 0.1) is 10.4 Å². The summed E-state index contributed by atoms with van der Waals surface area (Å²) < 4.78 is 27.6. The number of hydrogen-bond donors (Lipinski definition) is 0. The van der Waals surface area contributed by atoms with E-state index in [4.69, 9.17) is 0 Å². The molecule has 0 spiro atoms. The quantitative estimate of drug-likeness (QED) is 0.385. The Hall–Kier alpha value is -1.59. The molecule has 0 bridgehead atoms. The fraction of sp³-hybridized carbons (Fsp3) is 0.300. The van der Waals surface area contributed by atoms with Gasteiger partial charge in [-0.2, -0.15) is 0 Å². The molecular weight excluding hydrogens is 398 g/mol. The molecule has 0 fully saturated rings. The molecule has 3 nitrogen and oxygen atoms in total. The third-order valence-corrected chi connectivity index (χ3v) is 6.67. The molecule has 0 atom stereocenters. The minimum absolute atomic E-state index is 0.324. The largest absolute Gasteiger partial charge is 0.268 e. The lowest BCUT2D eigenvalue weighted by atomic mass is 10.1. The van der Waals surface area contributed by atoms with Crippen molar-refractivity contribution in [2.75, 3.05) is 5.33 Å². The molecule has 0 N–H and O–H groups in total. The van der Waals surface area contributed by atoms with Crippen molar-refractivity contribution in [1.82, 2.24) is 3.97 Å². The van der Waals surface area contributed by atoms with Gasteiger partial charge in [-0.25, -0.2) is 12.4 Å². The maximum absolute atomic E-state index is 13.1. The third kappa shape index (κ3) is 3.82. The standard InChI is InChI=1S/C20H22BrNO2S/c1-16-10-12-18(13-11-16)25(23,24)22-15-17(7-3-2-6-14-21)19-8-4-5-9-20(19)22/h4-5,8-13,15H,2-3,6-7,14H2,1H3. The summed E-state index contributed by atoms with van der Waals surface area (Å²) in [6.07, 6.45) is 6.03.